The third-order valence-electron chi connectivity index (χ3n) is 9.07. The lowest BCUT2D eigenvalue weighted by atomic mass is 9.93. The summed E-state index contributed by atoms with van der Waals surface area (Å²) in [4.78, 5) is 4.55. The highest BCUT2D eigenvalue weighted by molar-refractivity contribution is 6.39. The van der Waals surface area contributed by atoms with Crippen LogP contribution in [0.2, 0.25) is 20.1 Å². The first-order valence-electron chi connectivity index (χ1n) is 18.2. The van der Waals surface area contributed by atoms with E-state index in [9.17, 15) is 0 Å². The number of anilines is 3. The van der Waals surface area contributed by atoms with Crippen molar-refractivity contribution >= 4 is 74.9 Å². The lowest BCUT2D eigenvalue weighted by molar-refractivity contribution is 0.281. The highest BCUT2D eigenvalue weighted by atomic mass is 35.5. The van der Waals surface area contributed by atoms with Gasteiger partial charge in [-0.15, -0.1) is 0 Å². The molecule has 0 amide bonds. The molecular weight excluding hydrogens is 740 g/mol. The maximum absolute atomic E-state index is 6.18. The number of allylic oxidation sites excluding steroid dienone is 5. The summed E-state index contributed by atoms with van der Waals surface area (Å²) in [5, 5.41) is 5.96. The van der Waals surface area contributed by atoms with Gasteiger partial charge in [0.2, 0.25) is 0 Å². The van der Waals surface area contributed by atoms with Crippen LogP contribution < -0.4 is 11.1 Å². The number of nitrogens with one attached hydrogen (secondary N) is 1. The first-order valence-corrected chi connectivity index (χ1v) is 19.7. The van der Waals surface area contributed by atoms with Crippen LogP contribution in [0.25, 0.3) is 0 Å². The fourth-order valence-corrected chi connectivity index (χ4v) is 6.42. The maximum atomic E-state index is 6.18. The number of nitrogens with two attached hydrogens (primary N) is 1. The van der Waals surface area contributed by atoms with E-state index in [1.54, 1.807) is 13.2 Å². The van der Waals surface area contributed by atoms with Gasteiger partial charge in [0.1, 0.15) is 5.69 Å². The fourth-order valence-electron chi connectivity index (χ4n) is 5.45. The highest BCUT2D eigenvalue weighted by Gasteiger charge is 2.12. The van der Waals surface area contributed by atoms with Crippen LogP contribution in [0.4, 0.5) is 22.7 Å². The molecule has 6 rings (SSSR count). The summed E-state index contributed by atoms with van der Waals surface area (Å²) in [7, 11) is 1.73. The number of benzene rings is 4. The molecule has 0 saturated carbocycles. The van der Waals surface area contributed by atoms with Crippen LogP contribution in [0, 0.1) is 19.8 Å². The van der Waals surface area contributed by atoms with Gasteiger partial charge in [-0.1, -0.05) is 127 Å². The molecule has 0 fully saturated rings. The summed E-state index contributed by atoms with van der Waals surface area (Å²) in [5.74, 6) is 1.80. The number of halogens is 4. The maximum Gasteiger partial charge on any atom is 0.100 e. The van der Waals surface area contributed by atoms with Gasteiger partial charge >= 0.3 is 0 Å². The van der Waals surface area contributed by atoms with Crippen LogP contribution in [-0.4, -0.2) is 12.8 Å². The summed E-state index contributed by atoms with van der Waals surface area (Å²) in [6, 6.07) is 25.4. The smallest absolute Gasteiger partial charge is 0.100 e. The molecule has 0 bridgehead atoms. The van der Waals surface area contributed by atoms with E-state index >= 15 is 0 Å². The summed E-state index contributed by atoms with van der Waals surface area (Å²) in [5.41, 5.74) is 15.1. The number of rotatable bonds is 7. The Morgan fingerprint density at radius 1 is 0.755 bits per heavy atom. The Bertz CT molecular complexity index is 1800. The largest absolute Gasteiger partial charge is 0.501 e. The molecule has 2 aliphatic carbocycles. The third-order valence-corrected chi connectivity index (χ3v) is 10.3. The Labute approximate surface area is 337 Å². The zero-order chi connectivity index (χ0) is 38.8. The number of hydrogen-bond donors (Lipinski definition) is 2. The molecule has 4 aromatic carbocycles. The van der Waals surface area contributed by atoms with E-state index in [1.165, 1.54) is 24.0 Å². The van der Waals surface area contributed by atoms with Crippen molar-refractivity contribution in [1.29, 1.82) is 0 Å². The molecule has 0 saturated heterocycles. The van der Waals surface area contributed by atoms with E-state index in [-0.39, 0.29) is 0 Å². The van der Waals surface area contributed by atoms with Gasteiger partial charge in [0.05, 0.1) is 44.3 Å². The van der Waals surface area contributed by atoms with E-state index in [1.807, 2.05) is 49.4 Å². The predicted molar refractivity (Wildman–Crippen MR) is 234 cm³/mol. The minimum absolute atomic E-state index is 0.607. The number of methoxy groups -OCH3 is 1. The standard InChI is InChI=1S/C15H16ClN.C14H15Cl2N.C9H14O.C7H8ClN/c1-3-12-7-9-13(10-8-12)17-15-11(2)5-4-6-14(15)16;1-2-10-6-8-11(9-7-10)17-14-12(15)4-3-5-13(14)16;1-3-8-4-6-9(10-2)7-5-8;1-5-3-2-4-6(8)7(5)9/h4-10,17H,3H2,1-2H3;3-6,8,10H,2,7,9H2,1H3;4,7H,3,5-6H2,1-2H3;2-4H,9H2,1H3. The number of aliphatic imine (C=N–C) groups is 1. The molecule has 3 N–H and O–H groups in total. The van der Waals surface area contributed by atoms with E-state index in [0.717, 1.165) is 71.1 Å². The third kappa shape index (κ3) is 14.6. The summed E-state index contributed by atoms with van der Waals surface area (Å²) >= 11 is 24.0. The highest BCUT2D eigenvalue weighted by Crippen LogP contribution is 2.34. The van der Waals surface area contributed by atoms with E-state index in [0.29, 0.717) is 32.4 Å². The number of para-hydroxylation sites is 3. The minimum Gasteiger partial charge on any atom is -0.501 e. The minimum atomic E-state index is 0.607. The van der Waals surface area contributed by atoms with Crippen LogP contribution in [0.1, 0.15) is 76.0 Å². The van der Waals surface area contributed by atoms with Crippen LogP contribution in [0.3, 0.4) is 0 Å². The second-order valence-electron chi connectivity index (χ2n) is 12.8. The van der Waals surface area contributed by atoms with Gasteiger partial charge in [0.15, 0.2) is 0 Å². The summed E-state index contributed by atoms with van der Waals surface area (Å²) in [6.07, 6.45) is 16.4. The second-order valence-corrected chi connectivity index (χ2v) is 14.4. The van der Waals surface area contributed by atoms with E-state index < -0.39 is 0 Å². The topological polar surface area (TPSA) is 59.6 Å². The molecule has 0 spiro atoms. The van der Waals surface area contributed by atoms with Gasteiger partial charge in [0.25, 0.3) is 0 Å². The quantitative estimate of drug-likeness (QED) is 0.145. The van der Waals surface area contributed by atoms with E-state index in [2.05, 4.69) is 92.6 Å². The molecule has 4 aromatic rings. The van der Waals surface area contributed by atoms with Gasteiger partial charge in [-0.3, -0.25) is 4.99 Å². The number of nitrogen functional groups attached to an aromatic ring is 1. The lowest BCUT2D eigenvalue weighted by Gasteiger charge is -2.15. The predicted octanol–water partition coefficient (Wildman–Crippen LogP) is 15.3. The van der Waals surface area contributed by atoms with Crippen molar-refractivity contribution in [3.8, 4) is 0 Å². The Kier molecular flexibility index (Phi) is 19.1. The van der Waals surface area contributed by atoms with Crippen LogP contribution in [-0.2, 0) is 11.2 Å². The number of aryl methyl sites for hydroxylation is 3. The van der Waals surface area contributed by atoms with Gasteiger partial charge < -0.3 is 15.8 Å². The van der Waals surface area contributed by atoms with Crippen molar-refractivity contribution in [2.24, 2.45) is 10.9 Å². The first kappa shape index (κ1) is 43.7. The van der Waals surface area contributed by atoms with Crippen LogP contribution in [0.15, 0.2) is 119 Å². The molecule has 0 radical (unpaired) electrons. The average Bonchev–Trinajstić information content (AvgIpc) is 3.18. The van der Waals surface area contributed by atoms with Crippen molar-refractivity contribution in [3.63, 3.8) is 0 Å². The fraction of sp³-hybridized carbons (Fsp3) is 0.311. The molecule has 2 aliphatic rings. The first-order chi connectivity index (χ1) is 25.5. The molecule has 8 heteroatoms. The summed E-state index contributed by atoms with van der Waals surface area (Å²) in [6.45, 7) is 10.5. The molecule has 282 valence electrons. The lowest BCUT2D eigenvalue weighted by Crippen LogP contribution is -2.06. The van der Waals surface area contributed by atoms with Gasteiger partial charge in [-0.05, 0) is 124 Å². The van der Waals surface area contributed by atoms with E-state index in [4.69, 9.17) is 56.9 Å². The molecule has 0 aromatic heterocycles. The zero-order valence-corrected chi connectivity index (χ0v) is 34.8. The van der Waals surface area contributed by atoms with Crippen molar-refractivity contribution < 1.29 is 4.74 Å². The Hall–Kier alpha value is -3.67. The van der Waals surface area contributed by atoms with Gasteiger partial charge in [-0.25, -0.2) is 0 Å². The summed E-state index contributed by atoms with van der Waals surface area (Å²) < 4.78 is 5.10. The van der Waals surface area contributed by atoms with Gasteiger partial charge in [0, 0.05) is 17.8 Å². The average molecular weight is 794 g/mol. The Morgan fingerprint density at radius 2 is 1.38 bits per heavy atom. The normalized spacial score (nSPS) is 15.4. The molecular formula is C45H53Cl4N3O. The molecule has 1 atom stereocenters. The Balaban J connectivity index is 0.000000198. The number of hydrogen-bond acceptors (Lipinski definition) is 4. The van der Waals surface area contributed by atoms with Crippen molar-refractivity contribution in [1.82, 2.24) is 0 Å². The molecule has 1 unspecified atom stereocenters. The molecule has 0 heterocycles. The van der Waals surface area contributed by atoms with Crippen molar-refractivity contribution in [2.75, 3.05) is 18.2 Å². The second kappa shape index (κ2) is 23.2. The zero-order valence-electron chi connectivity index (χ0n) is 31.8. The molecule has 0 aliphatic heterocycles. The number of nitrogens with zero attached hydrogens (tertiary/aromatic N) is 1. The van der Waals surface area contributed by atoms with Crippen molar-refractivity contribution in [3.05, 3.63) is 151 Å². The van der Waals surface area contributed by atoms with Gasteiger partial charge in [-0.2, -0.15) is 0 Å². The molecule has 53 heavy (non-hydrogen) atoms. The molecule has 4 nitrogen and oxygen atoms in total. The monoisotopic (exact) mass is 791 g/mol. The SMILES string of the molecule is CCC1=CCC(OC)=CC1.CCC1C=CC(=Nc2c(Cl)cccc2Cl)CC1.CCc1ccc(Nc2c(C)cccc2Cl)cc1.Cc1cccc(Cl)c1N. The van der Waals surface area contributed by atoms with Crippen LogP contribution >= 0.6 is 46.4 Å². The van der Waals surface area contributed by atoms with Crippen LogP contribution in [0.5, 0.6) is 0 Å². The Morgan fingerprint density at radius 3 is 1.87 bits per heavy atom. The van der Waals surface area contributed by atoms with Crippen molar-refractivity contribution in [2.45, 2.75) is 79.6 Å². The number of ether oxygens (including phenoxy) is 1.